The van der Waals surface area contributed by atoms with E-state index in [1.54, 1.807) is 31.2 Å². The summed E-state index contributed by atoms with van der Waals surface area (Å²) in [4.78, 5) is 27.2. The van der Waals surface area contributed by atoms with Crippen LogP contribution in [0.25, 0.3) is 5.76 Å². The van der Waals surface area contributed by atoms with Gasteiger partial charge in [0.25, 0.3) is 11.7 Å². The third kappa shape index (κ3) is 3.49. The van der Waals surface area contributed by atoms with Gasteiger partial charge in [0.05, 0.1) is 19.8 Å². The van der Waals surface area contributed by atoms with Gasteiger partial charge in [-0.05, 0) is 61.5 Å². The number of halogens is 1. The highest BCUT2D eigenvalue weighted by Gasteiger charge is 2.48. The van der Waals surface area contributed by atoms with E-state index in [1.807, 2.05) is 0 Å². The summed E-state index contributed by atoms with van der Waals surface area (Å²) in [7, 11) is 2.92. The highest BCUT2D eigenvalue weighted by Crippen LogP contribution is 2.43. The zero-order chi connectivity index (χ0) is 23.0. The van der Waals surface area contributed by atoms with Crippen LogP contribution in [0, 0.1) is 12.7 Å². The lowest BCUT2D eigenvalue weighted by atomic mass is 9.99. The Morgan fingerprint density at radius 3 is 2.28 bits per heavy atom. The van der Waals surface area contributed by atoms with Gasteiger partial charge in [-0.15, -0.1) is 0 Å². The lowest BCUT2D eigenvalue weighted by Crippen LogP contribution is -2.29. The topological polar surface area (TPSA) is 89.2 Å². The van der Waals surface area contributed by atoms with Gasteiger partial charge in [-0.1, -0.05) is 0 Å². The number of amides is 1. The number of methoxy groups -OCH3 is 2. The van der Waals surface area contributed by atoms with Gasteiger partial charge in [0.1, 0.15) is 29.1 Å². The Morgan fingerprint density at radius 2 is 1.69 bits per heavy atom. The van der Waals surface area contributed by atoms with Crippen molar-refractivity contribution in [1.82, 2.24) is 0 Å². The van der Waals surface area contributed by atoms with Crippen LogP contribution in [0.5, 0.6) is 11.5 Å². The van der Waals surface area contributed by atoms with Crippen molar-refractivity contribution in [2.75, 3.05) is 19.1 Å². The summed E-state index contributed by atoms with van der Waals surface area (Å²) in [5.41, 5.74) is 0.396. The minimum atomic E-state index is -1.04. The molecule has 1 aromatic heterocycles. The molecule has 3 aromatic rings. The molecule has 7 nitrogen and oxygen atoms in total. The quantitative estimate of drug-likeness (QED) is 0.362. The monoisotopic (exact) mass is 437 g/mol. The number of aliphatic hydroxyl groups is 1. The SMILES string of the molecule is COc1ccc(/C(O)=C2/C(=O)C(=O)N(c3ccc(F)cc3)C2c2ccc(C)o2)cc1OC. The smallest absolute Gasteiger partial charge is 0.300 e. The lowest BCUT2D eigenvalue weighted by Gasteiger charge is -2.23. The number of Topliss-reactive ketones (excluding diaryl/α,β-unsaturated/α-hetero) is 1. The molecule has 2 aromatic carbocycles. The van der Waals surface area contributed by atoms with Crippen LogP contribution in [0.1, 0.15) is 23.1 Å². The molecule has 1 N–H and O–H groups in total. The molecule has 0 saturated carbocycles. The Labute approximate surface area is 183 Å². The summed E-state index contributed by atoms with van der Waals surface area (Å²) in [6, 6.07) is 12.1. The van der Waals surface area contributed by atoms with Crippen LogP contribution in [0.4, 0.5) is 10.1 Å². The van der Waals surface area contributed by atoms with Crippen molar-refractivity contribution in [2.45, 2.75) is 13.0 Å². The van der Waals surface area contributed by atoms with Crippen molar-refractivity contribution in [3.63, 3.8) is 0 Å². The maximum absolute atomic E-state index is 13.5. The van der Waals surface area contributed by atoms with E-state index >= 15 is 0 Å². The molecule has 164 valence electrons. The molecule has 1 aliphatic rings. The van der Waals surface area contributed by atoms with E-state index in [0.717, 1.165) is 0 Å². The zero-order valence-electron chi connectivity index (χ0n) is 17.6. The summed E-state index contributed by atoms with van der Waals surface area (Å²) in [6.45, 7) is 1.72. The number of aryl methyl sites for hydroxylation is 1. The third-order valence-corrected chi connectivity index (χ3v) is 5.24. The fourth-order valence-corrected chi connectivity index (χ4v) is 3.71. The summed E-state index contributed by atoms with van der Waals surface area (Å²) in [5.74, 6) is -1.00. The first-order valence-electron chi connectivity index (χ1n) is 9.71. The van der Waals surface area contributed by atoms with Gasteiger partial charge in [0.15, 0.2) is 11.5 Å². The standard InChI is InChI=1S/C24H20FNO6/c1-13-4-10-18(32-13)21-20(22(27)14-5-11-17(30-2)19(12-14)31-3)23(28)24(29)26(21)16-8-6-15(25)7-9-16/h4-12,21,27H,1-3H3/b22-20-. The molecule has 0 spiro atoms. The Bertz CT molecular complexity index is 1230. The summed E-state index contributed by atoms with van der Waals surface area (Å²) < 4.78 is 29.7. The van der Waals surface area contributed by atoms with E-state index in [4.69, 9.17) is 13.9 Å². The first-order valence-corrected chi connectivity index (χ1v) is 9.71. The fourth-order valence-electron chi connectivity index (χ4n) is 3.71. The first-order chi connectivity index (χ1) is 15.3. The van der Waals surface area contributed by atoms with E-state index in [9.17, 15) is 19.1 Å². The molecule has 8 heteroatoms. The number of hydrogen-bond acceptors (Lipinski definition) is 6. The highest BCUT2D eigenvalue weighted by atomic mass is 19.1. The normalized spacial score (nSPS) is 17.6. The zero-order valence-corrected chi connectivity index (χ0v) is 17.6. The Balaban J connectivity index is 1.92. The Hall–Kier alpha value is -4.07. The van der Waals surface area contributed by atoms with Gasteiger partial charge in [-0.2, -0.15) is 0 Å². The molecule has 1 atom stereocenters. The number of furan rings is 1. The van der Waals surface area contributed by atoms with Crippen LogP contribution in [-0.4, -0.2) is 31.0 Å². The molecule has 4 rings (SSSR count). The van der Waals surface area contributed by atoms with Gasteiger partial charge in [-0.25, -0.2) is 4.39 Å². The average molecular weight is 437 g/mol. The van der Waals surface area contributed by atoms with E-state index in [-0.39, 0.29) is 16.9 Å². The minimum Gasteiger partial charge on any atom is -0.507 e. The number of ketones is 1. The molecule has 1 unspecified atom stereocenters. The second-order valence-electron chi connectivity index (χ2n) is 7.16. The van der Waals surface area contributed by atoms with Gasteiger partial charge in [-0.3, -0.25) is 14.5 Å². The largest absolute Gasteiger partial charge is 0.507 e. The molecule has 1 aliphatic heterocycles. The Morgan fingerprint density at radius 1 is 1.00 bits per heavy atom. The van der Waals surface area contributed by atoms with Crippen molar-refractivity contribution in [2.24, 2.45) is 0 Å². The van der Waals surface area contributed by atoms with Crippen molar-refractivity contribution in [1.29, 1.82) is 0 Å². The second-order valence-corrected chi connectivity index (χ2v) is 7.16. The van der Waals surface area contributed by atoms with E-state index in [2.05, 4.69) is 0 Å². The van der Waals surface area contributed by atoms with Gasteiger partial charge >= 0.3 is 0 Å². The first kappa shape index (κ1) is 21.2. The molecule has 2 heterocycles. The fraction of sp³-hybridized carbons (Fsp3) is 0.167. The van der Waals surface area contributed by atoms with Crippen molar-refractivity contribution < 1.29 is 33.0 Å². The number of anilines is 1. The number of hydrogen-bond donors (Lipinski definition) is 1. The van der Waals surface area contributed by atoms with E-state index in [0.29, 0.717) is 22.9 Å². The van der Waals surface area contributed by atoms with Gasteiger partial charge in [0, 0.05) is 11.3 Å². The predicted molar refractivity (Wildman–Crippen MR) is 114 cm³/mol. The number of benzene rings is 2. The number of rotatable bonds is 5. The molecule has 32 heavy (non-hydrogen) atoms. The number of carbonyl (C=O) groups excluding carboxylic acids is 2. The van der Waals surface area contributed by atoms with Crippen molar-refractivity contribution in [3.8, 4) is 11.5 Å². The predicted octanol–water partition coefficient (Wildman–Crippen LogP) is 4.37. The van der Waals surface area contributed by atoms with Crippen LogP contribution in [-0.2, 0) is 9.59 Å². The number of aliphatic hydroxyl groups excluding tert-OH is 1. The van der Waals surface area contributed by atoms with Gasteiger partial charge < -0.3 is 19.0 Å². The summed E-state index contributed by atoms with van der Waals surface area (Å²) >= 11 is 0. The maximum atomic E-state index is 13.5. The molecule has 1 amide bonds. The van der Waals surface area contributed by atoms with Crippen LogP contribution in [0.15, 0.2) is 64.6 Å². The second kappa shape index (κ2) is 8.22. The molecule has 0 radical (unpaired) electrons. The third-order valence-electron chi connectivity index (χ3n) is 5.24. The van der Waals surface area contributed by atoms with Crippen molar-refractivity contribution in [3.05, 3.63) is 83.1 Å². The van der Waals surface area contributed by atoms with Crippen LogP contribution >= 0.6 is 0 Å². The number of carbonyl (C=O) groups is 2. The number of ether oxygens (including phenoxy) is 2. The van der Waals surface area contributed by atoms with E-state index in [1.165, 1.54) is 49.5 Å². The summed E-state index contributed by atoms with van der Waals surface area (Å²) in [5, 5.41) is 11.1. The molecule has 0 bridgehead atoms. The van der Waals surface area contributed by atoms with Crippen molar-refractivity contribution >= 4 is 23.1 Å². The minimum absolute atomic E-state index is 0.152. The van der Waals surface area contributed by atoms with Crippen LogP contribution < -0.4 is 14.4 Å². The molecule has 1 fully saturated rings. The molecule has 0 aliphatic carbocycles. The maximum Gasteiger partial charge on any atom is 0.300 e. The average Bonchev–Trinajstić information content (AvgIpc) is 3.34. The number of nitrogens with zero attached hydrogens (tertiary/aromatic N) is 1. The summed E-state index contributed by atoms with van der Waals surface area (Å²) in [6.07, 6.45) is 0. The van der Waals surface area contributed by atoms with Crippen LogP contribution in [0.3, 0.4) is 0 Å². The Kier molecular flexibility index (Phi) is 5.44. The lowest BCUT2D eigenvalue weighted by molar-refractivity contribution is -0.132. The highest BCUT2D eigenvalue weighted by molar-refractivity contribution is 6.51. The van der Waals surface area contributed by atoms with Gasteiger partial charge in [0.2, 0.25) is 0 Å². The molecular weight excluding hydrogens is 417 g/mol. The van der Waals surface area contributed by atoms with Crippen LogP contribution in [0.2, 0.25) is 0 Å². The van der Waals surface area contributed by atoms with E-state index < -0.39 is 29.3 Å². The molecular formula is C24H20FNO6. The molecule has 1 saturated heterocycles.